The fourth-order valence-electron chi connectivity index (χ4n) is 4.11. The maximum absolute atomic E-state index is 13.5. The van der Waals surface area contributed by atoms with Crippen molar-refractivity contribution in [3.05, 3.63) is 112 Å². The maximum Gasteiger partial charge on any atom is 0.416 e. The number of nitrogens with one attached hydrogen (secondary N) is 1. The smallest absolute Gasteiger partial charge is 0.416 e. The lowest BCUT2D eigenvalue weighted by Crippen LogP contribution is -2.54. The van der Waals surface area contributed by atoms with Gasteiger partial charge in [0.15, 0.2) is 5.11 Å². The summed E-state index contributed by atoms with van der Waals surface area (Å²) < 4.78 is 72.8. The Morgan fingerprint density at radius 1 is 0.884 bits per heavy atom. The van der Waals surface area contributed by atoms with Crippen molar-refractivity contribution in [2.75, 3.05) is 4.90 Å². The molecule has 0 aliphatic carbocycles. The summed E-state index contributed by atoms with van der Waals surface area (Å²) in [6.07, 6.45) is -2.76. The summed E-state index contributed by atoms with van der Waals surface area (Å²) in [7, 11) is -4.70. The van der Waals surface area contributed by atoms with Crippen LogP contribution in [0.15, 0.2) is 95.5 Å². The number of carbonyl (C=O) groups excluding carboxylic acids is 2. The van der Waals surface area contributed by atoms with E-state index in [9.17, 15) is 31.2 Å². The van der Waals surface area contributed by atoms with Crippen LogP contribution in [0, 0.1) is 0 Å². The lowest BCUT2D eigenvalue weighted by atomic mass is 10.1. The molecule has 2 amide bonds. The molecule has 1 fully saturated rings. The summed E-state index contributed by atoms with van der Waals surface area (Å²) in [5, 5.41) is 0.644. The molecule has 8 nitrogen and oxygen atoms in total. The first-order chi connectivity index (χ1) is 20.3. The Labute approximate surface area is 257 Å². The normalized spacial score (nSPS) is 15.1. The Morgan fingerprint density at radius 3 is 2.09 bits per heavy atom. The number of amides is 2. The second-order valence-electron chi connectivity index (χ2n) is 8.87. The minimum atomic E-state index is -4.82. The second-order valence-corrected chi connectivity index (χ2v) is 11.8. The number of thiocarbonyl (C=S) groups is 1. The highest BCUT2D eigenvalue weighted by atomic mass is 35.5. The van der Waals surface area contributed by atoms with Crippen LogP contribution in [0.4, 0.5) is 18.9 Å². The number of anilines is 1. The largest absolute Gasteiger partial charge is 0.457 e. The van der Waals surface area contributed by atoms with E-state index in [1.807, 2.05) is 6.07 Å². The van der Waals surface area contributed by atoms with E-state index in [2.05, 4.69) is 5.32 Å². The van der Waals surface area contributed by atoms with Crippen LogP contribution in [0.1, 0.15) is 11.3 Å². The summed E-state index contributed by atoms with van der Waals surface area (Å²) in [4.78, 5) is 26.5. The second kappa shape index (κ2) is 11.5. The number of hydrogen-bond acceptors (Lipinski definition) is 6. The number of carbonyl (C=O) groups is 2. The van der Waals surface area contributed by atoms with Crippen LogP contribution >= 0.6 is 35.4 Å². The zero-order chi connectivity index (χ0) is 31.1. The Bertz CT molecular complexity index is 1890. The van der Waals surface area contributed by atoms with Gasteiger partial charge in [0.1, 0.15) is 22.0 Å². The SMILES string of the molecule is O=C1NC(=S)N(c2ccc(Oc3ccccc3)cc2)C(=O)/C1=C/c1cccn1S(=O)(=O)c1c(Cl)cc(C(F)(F)F)cc1Cl. The first-order valence-electron chi connectivity index (χ1n) is 12.0. The van der Waals surface area contributed by atoms with Gasteiger partial charge in [0, 0.05) is 6.20 Å². The van der Waals surface area contributed by atoms with Crippen LogP contribution in [0.25, 0.3) is 6.08 Å². The molecule has 1 aliphatic heterocycles. The van der Waals surface area contributed by atoms with E-state index in [4.69, 9.17) is 40.2 Å². The highest BCUT2D eigenvalue weighted by Crippen LogP contribution is 2.39. The number of nitrogens with zero attached hydrogens (tertiary/aromatic N) is 2. The predicted octanol–water partition coefficient (Wildman–Crippen LogP) is 6.67. The summed E-state index contributed by atoms with van der Waals surface area (Å²) in [5.41, 5.74) is -1.62. The van der Waals surface area contributed by atoms with E-state index in [1.165, 1.54) is 12.1 Å². The van der Waals surface area contributed by atoms with E-state index in [1.54, 1.807) is 48.5 Å². The molecule has 0 saturated carbocycles. The molecule has 2 heterocycles. The van der Waals surface area contributed by atoms with Crippen LogP contribution in [0.2, 0.25) is 10.0 Å². The lowest BCUT2D eigenvalue weighted by Gasteiger charge is -2.29. The number of para-hydroxylation sites is 1. The molecule has 0 bridgehead atoms. The molecule has 1 N–H and O–H groups in total. The van der Waals surface area contributed by atoms with Crippen molar-refractivity contribution in [1.82, 2.24) is 9.29 Å². The van der Waals surface area contributed by atoms with Gasteiger partial charge >= 0.3 is 6.18 Å². The molecule has 0 atom stereocenters. The number of alkyl halides is 3. The monoisotopic (exact) mass is 665 g/mol. The number of aromatic nitrogens is 1. The summed E-state index contributed by atoms with van der Waals surface area (Å²) in [6, 6.07) is 18.7. The fraction of sp³-hybridized carbons (Fsp3) is 0.0357. The standard InChI is InChI=1S/C28H16Cl2F3N3O5S2/c29-22-13-16(28(31,32)33)14-23(30)24(22)43(39,40)35-12-4-5-18(35)15-21-25(37)34-27(42)36(26(21)38)17-8-10-20(11-9-17)41-19-6-2-1-3-7-19/h1-15H,(H,34,37,42)/b21-15+. The molecule has 1 saturated heterocycles. The summed E-state index contributed by atoms with van der Waals surface area (Å²) in [5.74, 6) is -0.699. The van der Waals surface area contributed by atoms with E-state index in [0.717, 1.165) is 17.2 Å². The van der Waals surface area contributed by atoms with E-state index in [0.29, 0.717) is 27.6 Å². The van der Waals surface area contributed by atoms with Crippen molar-refractivity contribution < 1.29 is 35.9 Å². The van der Waals surface area contributed by atoms with Crippen LogP contribution in [-0.4, -0.2) is 29.3 Å². The first-order valence-corrected chi connectivity index (χ1v) is 14.6. The zero-order valence-corrected chi connectivity index (χ0v) is 24.4. The van der Waals surface area contributed by atoms with Crippen molar-refractivity contribution in [2.24, 2.45) is 0 Å². The molecule has 0 unspecified atom stereocenters. The van der Waals surface area contributed by atoms with Crippen molar-refractivity contribution in [3.8, 4) is 11.5 Å². The van der Waals surface area contributed by atoms with Crippen LogP contribution in [-0.2, 0) is 25.8 Å². The first kappa shape index (κ1) is 30.3. The van der Waals surface area contributed by atoms with Gasteiger partial charge in [0.05, 0.1) is 27.0 Å². The Kier molecular flexibility index (Phi) is 8.09. The highest BCUT2D eigenvalue weighted by molar-refractivity contribution is 7.90. The van der Waals surface area contributed by atoms with Gasteiger partial charge in [-0.2, -0.15) is 13.2 Å². The molecule has 15 heteroatoms. The van der Waals surface area contributed by atoms with Gasteiger partial charge < -0.3 is 4.74 Å². The third-order valence-corrected chi connectivity index (χ3v) is 8.96. The predicted molar refractivity (Wildman–Crippen MR) is 158 cm³/mol. The van der Waals surface area contributed by atoms with Crippen molar-refractivity contribution in [2.45, 2.75) is 11.1 Å². The lowest BCUT2D eigenvalue weighted by molar-refractivity contribution is -0.137. The van der Waals surface area contributed by atoms with Crippen LogP contribution in [0.3, 0.4) is 0 Å². The van der Waals surface area contributed by atoms with Gasteiger partial charge in [-0.25, -0.2) is 12.4 Å². The molecule has 0 spiro atoms. The number of rotatable bonds is 6. The van der Waals surface area contributed by atoms with E-state index in [-0.39, 0.29) is 16.5 Å². The van der Waals surface area contributed by atoms with E-state index >= 15 is 0 Å². The van der Waals surface area contributed by atoms with Gasteiger partial charge in [-0.15, -0.1) is 0 Å². The van der Waals surface area contributed by atoms with Gasteiger partial charge in [-0.1, -0.05) is 41.4 Å². The number of hydrogen-bond donors (Lipinski definition) is 1. The maximum atomic E-state index is 13.5. The molecule has 5 rings (SSSR count). The average molecular weight is 666 g/mol. The topological polar surface area (TPSA) is 97.7 Å². The molecule has 1 aromatic heterocycles. The molecular formula is C28H16Cl2F3N3O5S2. The van der Waals surface area contributed by atoms with Gasteiger partial charge in [0.2, 0.25) is 0 Å². The molecule has 220 valence electrons. The zero-order valence-electron chi connectivity index (χ0n) is 21.3. The highest BCUT2D eigenvalue weighted by Gasteiger charge is 2.37. The number of ether oxygens (including phenoxy) is 1. The van der Waals surface area contributed by atoms with Gasteiger partial charge in [-0.05, 0) is 79.0 Å². The van der Waals surface area contributed by atoms with Crippen LogP contribution in [0.5, 0.6) is 11.5 Å². The Hall–Kier alpha value is -4.17. The summed E-state index contributed by atoms with van der Waals surface area (Å²) in [6.45, 7) is 0. The Morgan fingerprint density at radius 2 is 1.49 bits per heavy atom. The molecule has 3 aromatic carbocycles. The minimum absolute atomic E-state index is 0.190. The number of halogens is 5. The molecular weight excluding hydrogens is 650 g/mol. The summed E-state index contributed by atoms with van der Waals surface area (Å²) >= 11 is 17.1. The fourth-order valence-corrected chi connectivity index (χ4v) is 6.89. The quantitative estimate of drug-likeness (QED) is 0.140. The molecule has 43 heavy (non-hydrogen) atoms. The Balaban J connectivity index is 1.48. The molecule has 1 aliphatic rings. The van der Waals surface area contributed by atoms with Crippen molar-refractivity contribution in [1.29, 1.82) is 0 Å². The number of benzene rings is 3. The van der Waals surface area contributed by atoms with Crippen molar-refractivity contribution >= 4 is 74.1 Å². The third-order valence-electron chi connectivity index (χ3n) is 6.05. The molecule has 0 radical (unpaired) electrons. The van der Waals surface area contributed by atoms with E-state index < -0.39 is 54.1 Å². The minimum Gasteiger partial charge on any atom is -0.457 e. The van der Waals surface area contributed by atoms with Crippen molar-refractivity contribution in [3.63, 3.8) is 0 Å². The average Bonchev–Trinajstić information content (AvgIpc) is 3.41. The third kappa shape index (κ3) is 6.02. The van der Waals surface area contributed by atoms with Gasteiger partial charge in [0.25, 0.3) is 21.8 Å². The van der Waals surface area contributed by atoms with Crippen LogP contribution < -0.4 is 15.0 Å². The molecule has 4 aromatic rings. The van der Waals surface area contributed by atoms with Gasteiger partial charge in [-0.3, -0.25) is 19.8 Å².